The predicted molar refractivity (Wildman–Crippen MR) is 259 cm³/mol. The molecular weight excluding hydrogens is 755 g/mol. The Morgan fingerprint density at radius 1 is 0.387 bits per heavy atom. The van der Waals surface area contributed by atoms with Gasteiger partial charge in [0.25, 0.3) is 0 Å². The number of benzene rings is 10. The highest BCUT2D eigenvalue weighted by atomic mass is 16.3. The lowest BCUT2D eigenvalue weighted by molar-refractivity contribution is 0.660. The predicted octanol–water partition coefficient (Wildman–Crippen LogP) is 16.9. The van der Waals surface area contributed by atoms with Crippen LogP contribution in [-0.4, -0.2) is 0 Å². The smallest absolute Gasteiger partial charge is 0.145 e. The Balaban J connectivity index is 1.19. The fourth-order valence-corrected chi connectivity index (χ4v) is 10.6. The summed E-state index contributed by atoms with van der Waals surface area (Å²) in [7, 11) is 0. The minimum absolute atomic E-state index is 0.189. The van der Waals surface area contributed by atoms with Crippen LogP contribution in [0.15, 0.2) is 209 Å². The summed E-state index contributed by atoms with van der Waals surface area (Å²) in [4.78, 5) is 2.48. The van der Waals surface area contributed by atoms with Crippen molar-refractivity contribution in [2.45, 2.75) is 19.3 Å². The number of fused-ring (bicyclic) bond motifs is 13. The van der Waals surface area contributed by atoms with E-state index in [-0.39, 0.29) is 5.41 Å². The van der Waals surface area contributed by atoms with E-state index in [0.717, 1.165) is 83.2 Å². The lowest BCUT2D eigenvalue weighted by Crippen LogP contribution is -2.17. The van der Waals surface area contributed by atoms with E-state index in [1.807, 2.05) is 12.1 Å². The van der Waals surface area contributed by atoms with Gasteiger partial charge in [-0.2, -0.15) is 0 Å². The normalized spacial score (nSPS) is 13.1. The molecule has 3 heteroatoms. The fraction of sp³-hybridized carbons (Fsp3) is 0.0508. The molecule has 1 aliphatic rings. The minimum Gasteiger partial charge on any atom is -0.456 e. The molecule has 62 heavy (non-hydrogen) atoms. The second kappa shape index (κ2) is 13.1. The molecule has 0 radical (unpaired) electrons. The molecule has 10 aromatic carbocycles. The molecule has 2 aromatic heterocycles. The van der Waals surface area contributed by atoms with Gasteiger partial charge in [0.2, 0.25) is 0 Å². The molecule has 0 fully saturated rings. The van der Waals surface area contributed by atoms with E-state index in [0.29, 0.717) is 0 Å². The van der Waals surface area contributed by atoms with Crippen molar-refractivity contribution < 1.29 is 8.83 Å². The summed E-state index contributed by atoms with van der Waals surface area (Å²) < 4.78 is 13.7. The van der Waals surface area contributed by atoms with Gasteiger partial charge in [-0.3, -0.25) is 0 Å². The van der Waals surface area contributed by atoms with Crippen LogP contribution in [0.3, 0.4) is 0 Å². The van der Waals surface area contributed by atoms with Crippen LogP contribution < -0.4 is 4.90 Å². The first-order valence-corrected chi connectivity index (χ1v) is 21.4. The lowest BCUT2D eigenvalue weighted by atomic mass is 9.82. The third-order valence-corrected chi connectivity index (χ3v) is 13.5. The Labute approximate surface area is 358 Å². The summed E-state index contributed by atoms with van der Waals surface area (Å²) in [5.74, 6) is 0. The Morgan fingerprint density at radius 3 is 1.89 bits per heavy atom. The maximum absolute atomic E-state index is 7.28. The van der Waals surface area contributed by atoms with Gasteiger partial charge >= 0.3 is 0 Å². The molecule has 292 valence electrons. The quantitative estimate of drug-likeness (QED) is 0.163. The van der Waals surface area contributed by atoms with E-state index >= 15 is 0 Å². The van der Waals surface area contributed by atoms with Gasteiger partial charge in [-0.25, -0.2) is 0 Å². The fourth-order valence-electron chi connectivity index (χ4n) is 10.6. The molecule has 0 unspecified atom stereocenters. The van der Waals surface area contributed by atoms with Crippen molar-refractivity contribution in [2.75, 3.05) is 4.90 Å². The Hall–Kier alpha value is -7.88. The molecule has 3 nitrogen and oxygen atoms in total. The maximum atomic E-state index is 7.28. The van der Waals surface area contributed by atoms with E-state index in [1.165, 1.54) is 43.8 Å². The standard InChI is InChI=1S/C59H39NO2/c1-59(2)48-25-13-10-23-43(48)44-29-28-38(35-49(44)59)60(50-26-14-11-20-40(50)36-16-4-3-5-17-36)51-31-30-46-57-54(33-32-53-56(57)45-24-12-15-27-52(45)61-53)62-58(46)55(51)47-34-37-18-6-7-19-39(37)41-21-8-9-22-42(41)47/h3-35H,1-2H3. The molecular formula is C59H39NO2. The van der Waals surface area contributed by atoms with E-state index < -0.39 is 0 Å². The summed E-state index contributed by atoms with van der Waals surface area (Å²) in [5, 5.41) is 9.05. The summed E-state index contributed by atoms with van der Waals surface area (Å²) in [6, 6.07) is 72.5. The molecule has 13 rings (SSSR count). The Kier molecular flexibility index (Phi) is 7.36. The third-order valence-electron chi connectivity index (χ3n) is 13.5. The van der Waals surface area contributed by atoms with Crippen molar-refractivity contribution in [3.63, 3.8) is 0 Å². The second-order valence-electron chi connectivity index (χ2n) is 17.2. The first kappa shape index (κ1) is 34.9. The van der Waals surface area contributed by atoms with Crippen LogP contribution in [0.1, 0.15) is 25.0 Å². The van der Waals surface area contributed by atoms with E-state index in [9.17, 15) is 0 Å². The van der Waals surface area contributed by atoms with Crippen LogP contribution in [-0.2, 0) is 5.41 Å². The Bertz CT molecular complexity index is 3790. The zero-order chi connectivity index (χ0) is 41.1. The molecule has 0 bridgehead atoms. The highest BCUT2D eigenvalue weighted by Crippen LogP contribution is 2.54. The van der Waals surface area contributed by atoms with Gasteiger partial charge in [0, 0.05) is 43.8 Å². The van der Waals surface area contributed by atoms with Gasteiger partial charge in [-0.15, -0.1) is 0 Å². The topological polar surface area (TPSA) is 29.5 Å². The van der Waals surface area contributed by atoms with E-state index in [2.05, 4.69) is 207 Å². The number of furan rings is 2. The van der Waals surface area contributed by atoms with E-state index in [4.69, 9.17) is 8.83 Å². The van der Waals surface area contributed by atoms with Gasteiger partial charge < -0.3 is 13.7 Å². The zero-order valence-corrected chi connectivity index (χ0v) is 34.3. The number of hydrogen-bond acceptors (Lipinski definition) is 3. The molecule has 2 heterocycles. The van der Waals surface area contributed by atoms with Crippen LogP contribution >= 0.6 is 0 Å². The number of para-hydroxylation sites is 2. The minimum atomic E-state index is -0.189. The first-order valence-electron chi connectivity index (χ1n) is 21.4. The highest BCUT2D eigenvalue weighted by Gasteiger charge is 2.36. The van der Waals surface area contributed by atoms with E-state index in [1.54, 1.807) is 0 Å². The van der Waals surface area contributed by atoms with Crippen molar-refractivity contribution in [1.29, 1.82) is 0 Å². The Morgan fingerprint density at radius 2 is 1.03 bits per heavy atom. The molecule has 12 aromatic rings. The average molecular weight is 794 g/mol. The lowest BCUT2D eigenvalue weighted by Gasteiger charge is -2.31. The van der Waals surface area contributed by atoms with Gasteiger partial charge in [-0.05, 0) is 110 Å². The highest BCUT2D eigenvalue weighted by molar-refractivity contribution is 6.28. The van der Waals surface area contributed by atoms with Crippen LogP contribution in [0.4, 0.5) is 17.1 Å². The van der Waals surface area contributed by atoms with Gasteiger partial charge in [0.1, 0.15) is 22.3 Å². The number of nitrogens with zero attached hydrogens (tertiary/aromatic N) is 1. The second-order valence-corrected chi connectivity index (χ2v) is 17.2. The monoisotopic (exact) mass is 793 g/mol. The molecule has 0 amide bonds. The summed E-state index contributed by atoms with van der Waals surface area (Å²) >= 11 is 0. The van der Waals surface area contributed by atoms with Crippen molar-refractivity contribution in [3.05, 3.63) is 211 Å². The average Bonchev–Trinajstić information content (AvgIpc) is 3.96. The third kappa shape index (κ3) is 4.94. The van der Waals surface area contributed by atoms with Gasteiger partial charge in [0.15, 0.2) is 0 Å². The van der Waals surface area contributed by atoms with Crippen LogP contribution in [0, 0.1) is 0 Å². The number of anilines is 3. The first-order chi connectivity index (χ1) is 30.5. The molecule has 0 saturated carbocycles. The molecule has 1 aliphatic carbocycles. The van der Waals surface area contributed by atoms with Gasteiger partial charge in [0.05, 0.1) is 11.4 Å². The summed E-state index contributed by atoms with van der Waals surface area (Å²) in [6.07, 6.45) is 0. The molecule has 0 aliphatic heterocycles. The number of hydrogen-bond donors (Lipinski definition) is 0. The number of rotatable bonds is 5. The largest absolute Gasteiger partial charge is 0.456 e. The van der Waals surface area contributed by atoms with Gasteiger partial charge in [-0.1, -0.05) is 159 Å². The van der Waals surface area contributed by atoms with Crippen molar-refractivity contribution >= 4 is 82.5 Å². The van der Waals surface area contributed by atoms with Crippen LogP contribution in [0.25, 0.3) is 98.8 Å². The molecule has 0 N–H and O–H groups in total. The summed E-state index contributed by atoms with van der Waals surface area (Å²) in [5.41, 5.74) is 16.1. The zero-order valence-electron chi connectivity index (χ0n) is 34.3. The van der Waals surface area contributed by atoms with Crippen molar-refractivity contribution in [2.24, 2.45) is 0 Å². The molecule has 0 atom stereocenters. The van der Waals surface area contributed by atoms with Crippen molar-refractivity contribution in [3.8, 4) is 33.4 Å². The van der Waals surface area contributed by atoms with Crippen molar-refractivity contribution in [1.82, 2.24) is 0 Å². The molecule has 0 saturated heterocycles. The molecule has 0 spiro atoms. The summed E-state index contributed by atoms with van der Waals surface area (Å²) in [6.45, 7) is 4.72. The van der Waals surface area contributed by atoms with Crippen LogP contribution in [0.2, 0.25) is 0 Å². The SMILES string of the molecule is CC1(C)c2ccccc2-c2ccc(N(c3ccccc3-c3ccccc3)c3ccc4c(oc5ccc6oc7ccccc7c6c54)c3-c3cc4ccccc4c4ccccc34)cc21. The maximum Gasteiger partial charge on any atom is 0.145 e. The van der Waals surface area contributed by atoms with Crippen LogP contribution in [0.5, 0.6) is 0 Å².